The lowest BCUT2D eigenvalue weighted by Gasteiger charge is -2.11. The molecule has 0 radical (unpaired) electrons. The topological polar surface area (TPSA) is 242 Å². The molecule has 5 aromatic rings. The second-order valence-electron chi connectivity index (χ2n) is 9.19. The van der Waals surface area contributed by atoms with E-state index in [0.29, 0.717) is 5.69 Å². The van der Waals surface area contributed by atoms with Gasteiger partial charge in [-0.25, -0.2) is 0 Å². The Hall–Kier alpha value is -5.30. The van der Waals surface area contributed by atoms with Crippen molar-refractivity contribution >= 4 is 71.3 Å². The predicted molar refractivity (Wildman–Crippen MR) is 158 cm³/mol. The minimum atomic E-state index is -4.83. The van der Waals surface area contributed by atoms with Crippen LogP contribution in [0.4, 0.5) is 44.7 Å². The van der Waals surface area contributed by atoms with Crippen LogP contribution in [0.3, 0.4) is 0 Å². The fourth-order valence-corrected chi connectivity index (χ4v) is 5.23. The van der Waals surface area contributed by atoms with Crippen molar-refractivity contribution in [2.24, 2.45) is 10.2 Å². The molecule has 0 saturated carbocycles. The molecule has 0 spiro atoms. The fraction of sp³-hybridized carbons (Fsp3) is 0.0385. The monoisotopic (exact) mass is 640 g/mol. The summed E-state index contributed by atoms with van der Waals surface area (Å²) in [5, 5.41) is 24.1. The molecule has 7 N–H and O–H groups in total. The number of nitrogen functional groups attached to an aromatic ring is 1. The molecule has 1 heterocycles. The minimum absolute atomic E-state index is 0.0341. The van der Waals surface area contributed by atoms with E-state index in [9.17, 15) is 35.4 Å². The van der Waals surface area contributed by atoms with E-state index in [1.807, 2.05) is 19.1 Å². The van der Waals surface area contributed by atoms with Gasteiger partial charge in [-0.1, -0.05) is 24.3 Å². The van der Waals surface area contributed by atoms with Gasteiger partial charge in [-0.2, -0.15) is 36.2 Å². The van der Waals surface area contributed by atoms with Crippen LogP contribution in [0.15, 0.2) is 86.7 Å². The zero-order chi connectivity index (χ0) is 31.8. The highest BCUT2D eigenvalue weighted by Crippen LogP contribution is 2.41. The third-order valence-electron chi connectivity index (χ3n) is 6.12. The average Bonchev–Trinajstić information content (AvgIpc) is 2.92. The molecule has 15 nitrogen and oxygen atoms in total. The van der Waals surface area contributed by atoms with E-state index in [0.717, 1.165) is 29.8 Å². The first-order valence-corrected chi connectivity index (χ1v) is 15.1. The van der Waals surface area contributed by atoms with Gasteiger partial charge in [0.15, 0.2) is 0 Å². The SMILES string of the molecule is Cc1ccccc1Nc1nc(F)nc(Nc2ccc(S(=O)(=O)O)c(N=Nc3c(N)ccc4cc(S(=O)(=O)O)cc(O)c34)c2)n1. The summed E-state index contributed by atoms with van der Waals surface area (Å²) in [5.41, 5.74) is 6.97. The Balaban J connectivity index is 1.54. The first-order valence-electron chi connectivity index (χ1n) is 12.3. The summed E-state index contributed by atoms with van der Waals surface area (Å²) >= 11 is 0. The third-order valence-corrected chi connectivity index (χ3v) is 7.85. The molecule has 18 heteroatoms. The number of nitrogens with two attached hydrogens (primary N) is 1. The summed E-state index contributed by atoms with van der Waals surface area (Å²) in [6.07, 6.45) is -1.11. The second-order valence-corrected chi connectivity index (χ2v) is 12.0. The largest absolute Gasteiger partial charge is 0.507 e. The van der Waals surface area contributed by atoms with Crippen molar-refractivity contribution in [1.82, 2.24) is 15.0 Å². The van der Waals surface area contributed by atoms with Gasteiger partial charge >= 0.3 is 6.08 Å². The van der Waals surface area contributed by atoms with Crippen LogP contribution >= 0.6 is 0 Å². The molecule has 0 atom stereocenters. The van der Waals surface area contributed by atoms with E-state index in [-0.39, 0.29) is 39.7 Å². The molecule has 226 valence electrons. The van der Waals surface area contributed by atoms with Crippen molar-refractivity contribution in [2.75, 3.05) is 16.4 Å². The molecule has 0 fully saturated rings. The smallest absolute Gasteiger partial charge is 0.315 e. The van der Waals surface area contributed by atoms with Crippen LogP contribution in [-0.2, 0) is 20.2 Å². The van der Waals surface area contributed by atoms with Gasteiger partial charge in [0.05, 0.1) is 16.0 Å². The Labute approximate surface area is 248 Å². The summed E-state index contributed by atoms with van der Waals surface area (Å²) in [6, 6.07) is 15.1. The molecule has 5 rings (SSSR count). The summed E-state index contributed by atoms with van der Waals surface area (Å²) in [7, 11) is -9.49. The van der Waals surface area contributed by atoms with Crippen LogP contribution in [0, 0.1) is 13.0 Å². The lowest BCUT2D eigenvalue weighted by Crippen LogP contribution is -2.07. The number of halogens is 1. The predicted octanol–water partition coefficient (Wildman–Crippen LogP) is 5.16. The van der Waals surface area contributed by atoms with E-state index >= 15 is 0 Å². The van der Waals surface area contributed by atoms with Gasteiger partial charge in [-0.15, -0.1) is 10.2 Å². The maximum absolute atomic E-state index is 14.3. The number of hydrogen-bond donors (Lipinski definition) is 6. The zero-order valence-electron chi connectivity index (χ0n) is 22.3. The van der Waals surface area contributed by atoms with Crippen LogP contribution in [-0.4, -0.2) is 46.0 Å². The highest BCUT2D eigenvalue weighted by Gasteiger charge is 2.19. The number of benzene rings is 4. The van der Waals surface area contributed by atoms with Crippen LogP contribution in [0.1, 0.15) is 5.56 Å². The first kappa shape index (κ1) is 30.2. The molecule has 44 heavy (non-hydrogen) atoms. The molecule has 4 aromatic carbocycles. The number of nitrogens with zero attached hydrogens (tertiary/aromatic N) is 5. The Bertz CT molecular complexity index is 2200. The van der Waals surface area contributed by atoms with Gasteiger partial charge in [0.1, 0.15) is 22.0 Å². The first-order chi connectivity index (χ1) is 20.7. The highest BCUT2D eigenvalue weighted by molar-refractivity contribution is 7.86. The summed E-state index contributed by atoms with van der Waals surface area (Å²) in [6.45, 7) is 1.83. The molecular formula is C26H21FN8O7S2. The van der Waals surface area contributed by atoms with Crippen molar-refractivity contribution in [1.29, 1.82) is 0 Å². The Kier molecular flexibility index (Phi) is 7.83. The van der Waals surface area contributed by atoms with E-state index in [1.54, 1.807) is 12.1 Å². The molecule has 0 aliphatic rings. The third kappa shape index (κ3) is 6.52. The van der Waals surface area contributed by atoms with Crippen LogP contribution in [0.25, 0.3) is 10.8 Å². The van der Waals surface area contributed by atoms with Gasteiger partial charge < -0.3 is 21.5 Å². The number of fused-ring (bicyclic) bond motifs is 1. The minimum Gasteiger partial charge on any atom is -0.507 e. The number of phenolic OH excluding ortho intramolecular Hbond substituents is 1. The quantitative estimate of drug-likeness (QED) is 0.0730. The summed E-state index contributed by atoms with van der Waals surface area (Å²) < 4.78 is 80.7. The molecule has 0 bridgehead atoms. The number of aromatic nitrogens is 3. The highest BCUT2D eigenvalue weighted by atomic mass is 32.2. The van der Waals surface area contributed by atoms with E-state index in [2.05, 4.69) is 35.8 Å². The molecular weight excluding hydrogens is 619 g/mol. The van der Waals surface area contributed by atoms with E-state index in [1.165, 1.54) is 18.2 Å². The Morgan fingerprint density at radius 1 is 0.841 bits per heavy atom. The summed E-state index contributed by atoms with van der Waals surface area (Å²) in [5.74, 6) is -0.991. The number of azo groups is 1. The molecule has 0 unspecified atom stereocenters. The van der Waals surface area contributed by atoms with E-state index < -0.39 is 47.5 Å². The van der Waals surface area contributed by atoms with Crippen molar-refractivity contribution in [2.45, 2.75) is 16.7 Å². The van der Waals surface area contributed by atoms with Crippen molar-refractivity contribution in [3.63, 3.8) is 0 Å². The van der Waals surface area contributed by atoms with Crippen LogP contribution in [0.5, 0.6) is 5.75 Å². The second kappa shape index (κ2) is 11.4. The molecule has 1 aromatic heterocycles. The molecule has 0 amide bonds. The maximum Gasteiger partial charge on any atom is 0.315 e. The maximum atomic E-state index is 14.3. The van der Waals surface area contributed by atoms with Crippen molar-refractivity contribution < 1.29 is 35.4 Å². The molecule has 0 aliphatic heterocycles. The molecule has 0 saturated heterocycles. The van der Waals surface area contributed by atoms with Crippen LogP contribution < -0.4 is 16.4 Å². The number of anilines is 5. The van der Waals surface area contributed by atoms with Gasteiger partial charge in [0, 0.05) is 17.4 Å². The number of hydrogen-bond acceptors (Lipinski definition) is 13. The molecule has 0 aliphatic carbocycles. The average molecular weight is 641 g/mol. The van der Waals surface area contributed by atoms with Gasteiger partial charge in [0.2, 0.25) is 11.9 Å². The van der Waals surface area contributed by atoms with Crippen molar-refractivity contribution in [3.8, 4) is 5.75 Å². The summed E-state index contributed by atoms with van der Waals surface area (Å²) in [4.78, 5) is 10.1. The number of rotatable bonds is 8. The Morgan fingerprint density at radius 2 is 1.55 bits per heavy atom. The fourth-order valence-electron chi connectivity index (χ4n) is 4.09. The Morgan fingerprint density at radius 3 is 2.23 bits per heavy atom. The lowest BCUT2D eigenvalue weighted by atomic mass is 10.1. The number of nitrogens with one attached hydrogen (secondary N) is 2. The standard InChI is InChI=1S/C26H21FN8O7S2/c1-13-4-2-3-5-18(13)30-26-32-24(27)31-25(33-26)29-15-7-9-21(44(40,41)42)19(11-15)34-35-23-17(28)8-6-14-10-16(43(37,38)39)12-20(36)22(14)23/h2-12,36H,28H2,1H3,(H,37,38,39)(H,40,41,42)(H2,29,30,31,32,33). The number of aryl methyl sites for hydroxylation is 1. The van der Waals surface area contributed by atoms with Gasteiger partial charge in [-0.05, 0) is 54.3 Å². The van der Waals surface area contributed by atoms with Crippen molar-refractivity contribution in [3.05, 3.63) is 78.4 Å². The number of para-hydroxylation sites is 1. The lowest BCUT2D eigenvalue weighted by molar-refractivity contribution is 0.471. The van der Waals surface area contributed by atoms with Crippen LogP contribution in [0.2, 0.25) is 0 Å². The number of phenols is 1. The van der Waals surface area contributed by atoms with Gasteiger partial charge in [-0.3, -0.25) is 9.11 Å². The van der Waals surface area contributed by atoms with E-state index in [4.69, 9.17) is 5.73 Å². The zero-order valence-corrected chi connectivity index (χ0v) is 24.0. The number of aromatic hydroxyl groups is 1. The normalized spacial score (nSPS) is 12.1. The van der Waals surface area contributed by atoms with Gasteiger partial charge in [0.25, 0.3) is 20.2 Å².